The van der Waals surface area contributed by atoms with Crippen LogP contribution in [0.2, 0.25) is 0 Å². The molecule has 3 nitrogen and oxygen atoms in total. The molecule has 1 N–H and O–H groups in total. The quantitative estimate of drug-likeness (QED) is 0.640. The average Bonchev–Trinajstić information content (AvgIpc) is 2.47. The summed E-state index contributed by atoms with van der Waals surface area (Å²) in [6, 6.07) is 10.1. The van der Waals surface area contributed by atoms with E-state index in [-0.39, 0.29) is 17.4 Å². The molecule has 0 aliphatic carbocycles. The molecule has 128 valence electrons. The van der Waals surface area contributed by atoms with Crippen LogP contribution in [-0.2, 0) is 6.18 Å². The second-order valence-corrected chi connectivity index (χ2v) is 6.58. The molecule has 0 bridgehead atoms. The number of anilines is 1. The molecule has 0 saturated heterocycles. The van der Waals surface area contributed by atoms with Crippen LogP contribution in [0, 0.1) is 3.57 Å². The van der Waals surface area contributed by atoms with Crippen molar-refractivity contribution < 1.29 is 22.7 Å². The van der Waals surface area contributed by atoms with Crippen molar-refractivity contribution in [3.63, 3.8) is 0 Å². The predicted molar refractivity (Wildman–Crippen MR) is 94.3 cm³/mol. The van der Waals surface area contributed by atoms with Crippen molar-refractivity contribution in [2.24, 2.45) is 0 Å². The van der Waals surface area contributed by atoms with E-state index in [2.05, 4.69) is 5.32 Å². The van der Waals surface area contributed by atoms with E-state index in [4.69, 9.17) is 4.74 Å². The van der Waals surface area contributed by atoms with E-state index in [0.29, 0.717) is 9.32 Å². The maximum atomic E-state index is 13.1. The fourth-order valence-electron chi connectivity index (χ4n) is 2.04. The Balaban J connectivity index is 2.27. The van der Waals surface area contributed by atoms with E-state index in [1.165, 1.54) is 24.3 Å². The lowest BCUT2D eigenvalue weighted by molar-refractivity contribution is -0.137. The first-order chi connectivity index (χ1) is 11.2. The van der Waals surface area contributed by atoms with Gasteiger partial charge in [0.2, 0.25) is 0 Å². The molecule has 0 heterocycles. The van der Waals surface area contributed by atoms with Crippen LogP contribution in [0.5, 0.6) is 5.75 Å². The average molecular weight is 449 g/mol. The highest BCUT2D eigenvalue weighted by molar-refractivity contribution is 14.1. The van der Waals surface area contributed by atoms with Crippen LogP contribution in [0.25, 0.3) is 0 Å². The summed E-state index contributed by atoms with van der Waals surface area (Å²) in [5.41, 5.74) is -0.930. The van der Waals surface area contributed by atoms with Crippen LogP contribution in [0.4, 0.5) is 18.9 Å². The number of hydrogen-bond donors (Lipinski definition) is 1. The van der Waals surface area contributed by atoms with Crippen LogP contribution >= 0.6 is 22.6 Å². The summed E-state index contributed by atoms with van der Waals surface area (Å²) in [7, 11) is 0. The lowest BCUT2D eigenvalue weighted by atomic mass is 10.1. The van der Waals surface area contributed by atoms with Gasteiger partial charge in [-0.15, -0.1) is 0 Å². The Morgan fingerprint density at radius 2 is 1.88 bits per heavy atom. The van der Waals surface area contributed by atoms with Crippen LogP contribution in [0.15, 0.2) is 42.5 Å². The van der Waals surface area contributed by atoms with E-state index < -0.39 is 17.6 Å². The van der Waals surface area contributed by atoms with Gasteiger partial charge in [-0.2, -0.15) is 13.2 Å². The van der Waals surface area contributed by atoms with Crippen LogP contribution < -0.4 is 10.1 Å². The van der Waals surface area contributed by atoms with Gasteiger partial charge in [-0.05, 0) is 72.8 Å². The van der Waals surface area contributed by atoms with E-state index in [0.717, 1.165) is 6.07 Å². The largest absolute Gasteiger partial charge is 0.491 e. The number of ether oxygens (including phenoxy) is 1. The third-order valence-corrected chi connectivity index (χ3v) is 3.67. The van der Waals surface area contributed by atoms with Crippen molar-refractivity contribution in [1.29, 1.82) is 0 Å². The molecule has 2 rings (SSSR count). The van der Waals surface area contributed by atoms with Crippen molar-refractivity contribution in [3.8, 4) is 5.75 Å². The number of halogens is 4. The first kappa shape index (κ1) is 18.6. The highest BCUT2D eigenvalue weighted by atomic mass is 127. The van der Waals surface area contributed by atoms with Gasteiger partial charge in [0.25, 0.3) is 5.91 Å². The summed E-state index contributed by atoms with van der Waals surface area (Å²) in [6.07, 6.45) is -4.62. The molecule has 0 aliphatic heterocycles. The van der Waals surface area contributed by atoms with E-state index in [1.807, 2.05) is 13.8 Å². The predicted octanol–water partition coefficient (Wildman–Crippen LogP) is 5.35. The SMILES string of the molecule is CC(C)Oc1cccc(C(=O)Nc2ccc(I)cc2C(F)(F)F)c1. The third kappa shape index (κ3) is 4.86. The van der Waals surface area contributed by atoms with E-state index >= 15 is 0 Å². The molecule has 0 aliphatic rings. The number of carbonyl (C=O) groups is 1. The van der Waals surface area contributed by atoms with E-state index in [1.54, 1.807) is 34.7 Å². The maximum Gasteiger partial charge on any atom is 0.418 e. The molecule has 0 spiro atoms. The zero-order valence-electron chi connectivity index (χ0n) is 12.9. The van der Waals surface area contributed by atoms with Crippen LogP contribution in [-0.4, -0.2) is 12.0 Å². The summed E-state index contributed by atoms with van der Waals surface area (Å²) in [5.74, 6) is -0.146. The molecular weight excluding hydrogens is 434 g/mol. The zero-order valence-corrected chi connectivity index (χ0v) is 15.1. The fourth-order valence-corrected chi connectivity index (χ4v) is 2.53. The smallest absolute Gasteiger partial charge is 0.418 e. The van der Waals surface area contributed by atoms with Gasteiger partial charge in [-0.3, -0.25) is 4.79 Å². The minimum Gasteiger partial charge on any atom is -0.491 e. The lowest BCUT2D eigenvalue weighted by Gasteiger charge is -2.15. The number of carbonyl (C=O) groups excluding carboxylic acids is 1. The Bertz CT molecular complexity index is 745. The summed E-state index contributed by atoms with van der Waals surface area (Å²) >= 11 is 1.79. The monoisotopic (exact) mass is 449 g/mol. The molecule has 2 aromatic rings. The van der Waals surface area contributed by atoms with Gasteiger partial charge in [0, 0.05) is 9.13 Å². The Morgan fingerprint density at radius 1 is 1.17 bits per heavy atom. The molecular formula is C17H15F3INO2. The van der Waals surface area contributed by atoms with Crippen LogP contribution in [0.1, 0.15) is 29.8 Å². The molecule has 0 atom stereocenters. The molecule has 0 unspecified atom stereocenters. The van der Waals surface area contributed by atoms with Gasteiger partial charge >= 0.3 is 6.18 Å². The Morgan fingerprint density at radius 3 is 2.50 bits per heavy atom. The first-order valence-electron chi connectivity index (χ1n) is 7.11. The topological polar surface area (TPSA) is 38.3 Å². The molecule has 1 amide bonds. The van der Waals surface area contributed by atoms with Gasteiger partial charge in [-0.1, -0.05) is 6.07 Å². The molecule has 0 radical (unpaired) electrons. The van der Waals surface area contributed by atoms with Crippen LogP contribution in [0.3, 0.4) is 0 Å². The van der Waals surface area contributed by atoms with E-state index in [9.17, 15) is 18.0 Å². The normalized spacial score (nSPS) is 11.5. The van der Waals surface area contributed by atoms with Crippen molar-refractivity contribution in [3.05, 3.63) is 57.2 Å². The summed E-state index contributed by atoms with van der Waals surface area (Å²) in [5, 5.41) is 2.32. The van der Waals surface area contributed by atoms with Crippen molar-refractivity contribution in [1.82, 2.24) is 0 Å². The Labute approximate surface area is 151 Å². The number of alkyl halides is 3. The van der Waals surface area contributed by atoms with Gasteiger partial charge in [-0.25, -0.2) is 0 Å². The highest BCUT2D eigenvalue weighted by Crippen LogP contribution is 2.36. The van der Waals surface area contributed by atoms with Crippen molar-refractivity contribution >= 4 is 34.2 Å². The minimum atomic E-state index is -4.55. The number of amides is 1. The standard InChI is InChI=1S/C17H15F3INO2/c1-10(2)24-13-5-3-4-11(8-13)16(23)22-15-7-6-12(21)9-14(15)17(18,19)20/h3-10H,1-2H3,(H,22,23). The third-order valence-electron chi connectivity index (χ3n) is 3.00. The number of hydrogen-bond acceptors (Lipinski definition) is 2. The number of nitrogens with one attached hydrogen (secondary N) is 1. The highest BCUT2D eigenvalue weighted by Gasteiger charge is 2.34. The summed E-state index contributed by atoms with van der Waals surface area (Å²) in [4.78, 5) is 12.3. The second-order valence-electron chi connectivity index (χ2n) is 5.34. The Hall–Kier alpha value is -1.77. The summed E-state index contributed by atoms with van der Waals surface area (Å²) < 4.78 is 45.3. The first-order valence-corrected chi connectivity index (χ1v) is 8.19. The van der Waals surface area contributed by atoms with Gasteiger partial charge < -0.3 is 10.1 Å². The molecule has 7 heteroatoms. The van der Waals surface area contributed by atoms with Crippen molar-refractivity contribution in [2.75, 3.05) is 5.32 Å². The van der Waals surface area contributed by atoms with Gasteiger partial charge in [0.05, 0.1) is 17.4 Å². The molecule has 0 saturated carbocycles. The molecule has 24 heavy (non-hydrogen) atoms. The second kappa shape index (κ2) is 7.42. The fraction of sp³-hybridized carbons (Fsp3) is 0.235. The molecule has 0 fully saturated rings. The minimum absolute atomic E-state index is 0.0728. The summed E-state index contributed by atoms with van der Waals surface area (Å²) in [6.45, 7) is 3.68. The number of rotatable bonds is 4. The molecule has 2 aromatic carbocycles. The lowest BCUT2D eigenvalue weighted by Crippen LogP contribution is -2.17. The van der Waals surface area contributed by atoms with Gasteiger partial charge in [0.1, 0.15) is 5.75 Å². The number of benzene rings is 2. The molecule has 0 aromatic heterocycles. The zero-order chi connectivity index (χ0) is 17.9. The Kier molecular flexibility index (Phi) is 5.74. The maximum absolute atomic E-state index is 13.1. The van der Waals surface area contributed by atoms with Gasteiger partial charge in [0.15, 0.2) is 0 Å². The van der Waals surface area contributed by atoms with Crippen molar-refractivity contribution in [2.45, 2.75) is 26.1 Å².